The molecule has 1 rings (SSSR count). The van der Waals surface area contributed by atoms with Crippen molar-refractivity contribution in [2.24, 2.45) is 0 Å². The number of aryl methyl sites for hydroxylation is 2. The summed E-state index contributed by atoms with van der Waals surface area (Å²) in [5, 5.41) is 0. The second kappa shape index (κ2) is 6.42. The summed E-state index contributed by atoms with van der Waals surface area (Å²) in [6.45, 7) is 5.92. The van der Waals surface area contributed by atoms with Crippen molar-refractivity contribution in [1.29, 1.82) is 0 Å². The van der Waals surface area contributed by atoms with Gasteiger partial charge in [0.1, 0.15) is 0 Å². The van der Waals surface area contributed by atoms with Gasteiger partial charge >= 0.3 is 0 Å². The third-order valence-corrected chi connectivity index (χ3v) is 2.55. The second-order valence-corrected chi connectivity index (χ2v) is 3.70. The minimum absolute atomic E-state index is 1.14. The van der Waals surface area contributed by atoms with Gasteiger partial charge < -0.3 is 0 Å². The van der Waals surface area contributed by atoms with Crippen molar-refractivity contribution in [2.75, 3.05) is 0 Å². The number of allylic oxidation sites excluding steroid dienone is 1. The Labute approximate surface area is 87.7 Å². The Hall–Kier alpha value is -1.04. The first kappa shape index (κ1) is 11.0. The zero-order chi connectivity index (χ0) is 10.2. The number of rotatable bonds is 6. The van der Waals surface area contributed by atoms with Gasteiger partial charge in [-0.25, -0.2) is 0 Å². The predicted molar refractivity (Wildman–Crippen MR) is 63.6 cm³/mol. The lowest BCUT2D eigenvalue weighted by Gasteiger charge is -2.01. The van der Waals surface area contributed by atoms with Crippen LogP contribution in [0.3, 0.4) is 0 Å². The molecule has 0 radical (unpaired) electrons. The van der Waals surface area contributed by atoms with Gasteiger partial charge in [0.05, 0.1) is 0 Å². The lowest BCUT2D eigenvalue weighted by Crippen LogP contribution is -1.86. The maximum absolute atomic E-state index is 3.73. The second-order valence-electron chi connectivity index (χ2n) is 3.70. The van der Waals surface area contributed by atoms with E-state index in [1.54, 1.807) is 0 Å². The van der Waals surface area contributed by atoms with Gasteiger partial charge in [0.25, 0.3) is 0 Å². The van der Waals surface area contributed by atoms with Gasteiger partial charge in [-0.15, -0.1) is 6.58 Å². The molecule has 0 spiro atoms. The molecule has 0 heteroatoms. The lowest BCUT2D eigenvalue weighted by atomic mass is 10.0. The molecule has 0 unspecified atom stereocenters. The fourth-order valence-electron chi connectivity index (χ4n) is 1.56. The van der Waals surface area contributed by atoms with Crippen molar-refractivity contribution in [1.82, 2.24) is 0 Å². The SMILES string of the molecule is C=CCCCCc1ccc(CC)cc1. The molecule has 0 fully saturated rings. The number of hydrogen-bond donors (Lipinski definition) is 0. The van der Waals surface area contributed by atoms with Crippen LogP contribution in [-0.4, -0.2) is 0 Å². The molecule has 0 amide bonds. The van der Waals surface area contributed by atoms with Crippen molar-refractivity contribution >= 4 is 0 Å². The molecule has 0 bridgehead atoms. The standard InChI is InChI=1S/C14H20/c1-3-5-6-7-8-14-11-9-13(4-2)10-12-14/h3,9-12H,1,4-8H2,2H3. The normalized spacial score (nSPS) is 10.1. The quantitative estimate of drug-likeness (QED) is 0.465. The molecule has 0 heterocycles. The van der Waals surface area contributed by atoms with E-state index >= 15 is 0 Å². The summed E-state index contributed by atoms with van der Waals surface area (Å²) in [6.07, 6.45) is 8.03. The first-order valence-electron chi connectivity index (χ1n) is 5.55. The Morgan fingerprint density at radius 3 is 2.29 bits per heavy atom. The van der Waals surface area contributed by atoms with Crippen molar-refractivity contribution < 1.29 is 0 Å². The summed E-state index contributed by atoms with van der Waals surface area (Å²) in [5.41, 5.74) is 2.89. The lowest BCUT2D eigenvalue weighted by molar-refractivity contribution is 0.748. The van der Waals surface area contributed by atoms with Gasteiger partial charge in [-0.05, 0) is 43.2 Å². The summed E-state index contributed by atoms with van der Waals surface area (Å²) < 4.78 is 0. The highest BCUT2D eigenvalue weighted by Gasteiger charge is 1.93. The highest BCUT2D eigenvalue weighted by molar-refractivity contribution is 5.22. The van der Waals surface area contributed by atoms with Crippen LogP contribution in [0, 0.1) is 0 Å². The average Bonchev–Trinajstić information content (AvgIpc) is 2.25. The highest BCUT2D eigenvalue weighted by atomic mass is 14.0. The largest absolute Gasteiger partial charge is 0.103 e. The van der Waals surface area contributed by atoms with Crippen LogP contribution in [0.1, 0.15) is 37.3 Å². The summed E-state index contributed by atoms with van der Waals surface area (Å²) in [6, 6.07) is 8.99. The van der Waals surface area contributed by atoms with E-state index in [4.69, 9.17) is 0 Å². The van der Waals surface area contributed by atoms with E-state index < -0.39 is 0 Å². The van der Waals surface area contributed by atoms with Crippen molar-refractivity contribution in [3.63, 3.8) is 0 Å². The molecule has 14 heavy (non-hydrogen) atoms. The maximum Gasteiger partial charge on any atom is -0.0279 e. The van der Waals surface area contributed by atoms with Crippen molar-refractivity contribution in [3.05, 3.63) is 48.0 Å². The van der Waals surface area contributed by atoms with E-state index in [9.17, 15) is 0 Å². The van der Waals surface area contributed by atoms with E-state index in [2.05, 4.69) is 37.8 Å². The summed E-state index contributed by atoms with van der Waals surface area (Å²) in [5.74, 6) is 0. The maximum atomic E-state index is 3.73. The van der Waals surface area contributed by atoms with E-state index in [1.165, 1.54) is 30.4 Å². The molecule has 1 aromatic carbocycles. The van der Waals surface area contributed by atoms with E-state index in [1.807, 2.05) is 6.08 Å². The van der Waals surface area contributed by atoms with Crippen molar-refractivity contribution in [3.8, 4) is 0 Å². The Kier molecular flexibility index (Phi) is 5.06. The summed E-state index contributed by atoms with van der Waals surface area (Å²) >= 11 is 0. The van der Waals surface area contributed by atoms with Gasteiger partial charge in [0.2, 0.25) is 0 Å². The Morgan fingerprint density at radius 1 is 1.07 bits per heavy atom. The van der Waals surface area contributed by atoms with Crippen LogP contribution in [0.4, 0.5) is 0 Å². The highest BCUT2D eigenvalue weighted by Crippen LogP contribution is 2.09. The third-order valence-electron chi connectivity index (χ3n) is 2.55. The zero-order valence-electron chi connectivity index (χ0n) is 9.13. The summed E-state index contributed by atoms with van der Waals surface area (Å²) in [4.78, 5) is 0. The molecule has 0 N–H and O–H groups in total. The molecule has 0 saturated heterocycles. The minimum Gasteiger partial charge on any atom is -0.103 e. The van der Waals surface area contributed by atoms with Gasteiger partial charge in [0.15, 0.2) is 0 Å². The average molecular weight is 188 g/mol. The Morgan fingerprint density at radius 2 is 1.71 bits per heavy atom. The number of benzene rings is 1. The van der Waals surface area contributed by atoms with E-state index in [-0.39, 0.29) is 0 Å². The zero-order valence-corrected chi connectivity index (χ0v) is 9.13. The minimum atomic E-state index is 1.14. The molecule has 0 aromatic heterocycles. The molecule has 0 atom stereocenters. The molecule has 1 aromatic rings. The number of hydrogen-bond acceptors (Lipinski definition) is 0. The van der Waals surface area contributed by atoms with Gasteiger partial charge in [-0.1, -0.05) is 37.3 Å². The summed E-state index contributed by atoms with van der Waals surface area (Å²) in [7, 11) is 0. The van der Waals surface area contributed by atoms with Crippen LogP contribution in [0.15, 0.2) is 36.9 Å². The smallest absolute Gasteiger partial charge is 0.0279 e. The number of unbranched alkanes of at least 4 members (excludes halogenated alkanes) is 2. The first-order valence-corrected chi connectivity index (χ1v) is 5.55. The van der Waals surface area contributed by atoms with Crippen LogP contribution in [0.25, 0.3) is 0 Å². The van der Waals surface area contributed by atoms with Crippen LogP contribution in [-0.2, 0) is 12.8 Å². The van der Waals surface area contributed by atoms with E-state index in [0.717, 1.165) is 12.8 Å². The molecule has 0 aliphatic heterocycles. The van der Waals surface area contributed by atoms with Gasteiger partial charge in [0, 0.05) is 0 Å². The van der Waals surface area contributed by atoms with Crippen molar-refractivity contribution in [2.45, 2.75) is 39.0 Å². The fourth-order valence-corrected chi connectivity index (χ4v) is 1.56. The molecular weight excluding hydrogens is 168 g/mol. The van der Waals surface area contributed by atoms with Crippen LogP contribution < -0.4 is 0 Å². The van der Waals surface area contributed by atoms with Crippen LogP contribution >= 0.6 is 0 Å². The third kappa shape index (κ3) is 3.78. The first-order chi connectivity index (χ1) is 6.86. The molecule has 76 valence electrons. The molecule has 0 aliphatic carbocycles. The van der Waals surface area contributed by atoms with Crippen LogP contribution in [0.5, 0.6) is 0 Å². The molecule has 0 nitrogen and oxygen atoms in total. The van der Waals surface area contributed by atoms with Gasteiger partial charge in [-0.3, -0.25) is 0 Å². The molecule has 0 aliphatic rings. The van der Waals surface area contributed by atoms with Gasteiger partial charge in [-0.2, -0.15) is 0 Å². The molecule has 0 saturated carbocycles. The topological polar surface area (TPSA) is 0 Å². The monoisotopic (exact) mass is 188 g/mol. The predicted octanol–water partition coefficient (Wildman–Crippen LogP) is 4.15. The molecular formula is C14H20. The fraction of sp³-hybridized carbons (Fsp3) is 0.429. The van der Waals surface area contributed by atoms with E-state index in [0.29, 0.717) is 0 Å². The Balaban J connectivity index is 2.32. The Bertz CT molecular complexity index is 256. The van der Waals surface area contributed by atoms with Crippen LogP contribution in [0.2, 0.25) is 0 Å².